The van der Waals surface area contributed by atoms with E-state index < -0.39 is 20.2 Å². The highest BCUT2D eigenvalue weighted by atomic mass is 32.2. The molecule has 2 aromatic carbocycles. The monoisotopic (exact) mass is 482 g/mol. The Kier molecular flexibility index (Phi) is 8.43. The lowest BCUT2D eigenvalue weighted by Crippen LogP contribution is -2.62. The van der Waals surface area contributed by atoms with Gasteiger partial charge in [0.25, 0.3) is 20.2 Å². The molecule has 176 valence electrons. The minimum Gasteiger partial charge on any atom is -0.291 e. The van der Waals surface area contributed by atoms with Crippen molar-refractivity contribution in [2.75, 3.05) is 38.8 Å². The number of benzene rings is 2. The summed E-state index contributed by atoms with van der Waals surface area (Å²) in [7, 11) is -7.33. The Labute approximate surface area is 191 Å². The molecule has 2 atom stereocenters. The van der Waals surface area contributed by atoms with Gasteiger partial charge in [-0.05, 0) is 11.1 Å². The molecule has 3 rings (SSSR count). The largest absolute Gasteiger partial charge is 0.291 e. The Morgan fingerprint density at radius 2 is 1.03 bits per heavy atom. The third kappa shape index (κ3) is 7.95. The van der Waals surface area contributed by atoms with E-state index >= 15 is 0 Å². The second-order valence-corrected chi connectivity index (χ2v) is 11.3. The summed E-state index contributed by atoms with van der Waals surface area (Å²) in [5, 5.41) is 0. The van der Waals surface area contributed by atoms with Crippen LogP contribution in [0.5, 0.6) is 0 Å². The van der Waals surface area contributed by atoms with Crippen molar-refractivity contribution in [2.24, 2.45) is 0 Å². The van der Waals surface area contributed by atoms with Gasteiger partial charge in [0.05, 0.1) is 37.8 Å². The van der Waals surface area contributed by atoms with Gasteiger partial charge in [0.15, 0.2) is 0 Å². The first-order valence-corrected chi connectivity index (χ1v) is 14.0. The fourth-order valence-corrected chi connectivity index (χ4v) is 4.70. The quantitative estimate of drug-likeness (QED) is 0.473. The van der Waals surface area contributed by atoms with E-state index in [1.807, 2.05) is 60.7 Å². The van der Waals surface area contributed by atoms with Gasteiger partial charge in [-0.3, -0.25) is 18.2 Å². The second kappa shape index (κ2) is 10.9. The van der Waals surface area contributed by atoms with Crippen LogP contribution in [0.15, 0.2) is 60.7 Å². The Balaban J connectivity index is 1.88. The first kappa shape index (κ1) is 24.8. The number of nitrogens with zero attached hydrogens (tertiary/aromatic N) is 2. The van der Waals surface area contributed by atoms with Gasteiger partial charge in [-0.1, -0.05) is 60.7 Å². The molecule has 1 saturated heterocycles. The van der Waals surface area contributed by atoms with Crippen LogP contribution in [0.1, 0.15) is 11.1 Å². The van der Waals surface area contributed by atoms with Gasteiger partial charge < -0.3 is 0 Å². The first-order chi connectivity index (χ1) is 15.1. The molecule has 1 fully saturated rings. The van der Waals surface area contributed by atoms with Crippen LogP contribution >= 0.6 is 0 Å². The molecular formula is C22H30N2O6S2. The molecule has 0 aromatic heterocycles. The van der Waals surface area contributed by atoms with E-state index in [4.69, 9.17) is 8.37 Å². The summed E-state index contributed by atoms with van der Waals surface area (Å²) in [6.45, 7) is 2.35. The predicted molar refractivity (Wildman–Crippen MR) is 123 cm³/mol. The molecule has 2 unspecified atom stereocenters. The standard InChI is InChI=1S/C22H30N2O6S2/c1-31(25,26)29-17-21-22(18-30-32(2,27)28)24(16-20-11-7-4-8-12-20)14-13-23(21)15-19-9-5-3-6-10-19/h3-12,21-22H,13-18H2,1-2H3. The average Bonchev–Trinajstić information content (AvgIpc) is 2.73. The molecule has 10 heteroatoms. The lowest BCUT2D eigenvalue weighted by atomic mass is 10.0. The summed E-state index contributed by atoms with van der Waals surface area (Å²) >= 11 is 0. The summed E-state index contributed by atoms with van der Waals surface area (Å²) < 4.78 is 57.4. The maximum atomic E-state index is 11.8. The van der Waals surface area contributed by atoms with Crippen LogP contribution in [-0.2, 0) is 41.7 Å². The van der Waals surface area contributed by atoms with E-state index in [0.717, 1.165) is 23.6 Å². The lowest BCUT2D eigenvalue weighted by molar-refractivity contribution is -0.0267. The molecule has 0 radical (unpaired) electrons. The molecular weight excluding hydrogens is 452 g/mol. The molecule has 0 saturated carbocycles. The van der Waals surface area contributed by atoms with Crippen LogP contribution in [0, 0.1) is 0 Å². The lowest BCUT2D eigenvalue weighted by Gasteiger charge is -2.47. The van der Waals surface area contributed by atoms with E-state index in [2.05, 4.69) is 9.80 Å². The maximum Gasteiger partial charge on any atom is 0.264 e. The highest BCUT2D eigenvalue weighted by molar-refractivity contribution is 7.86. The fraction of sp³-hybridized carbons (Fsp3) is 0.455. The Bertz CT molecular complexity index is 975. The van der Waals surface area contributed by atoms with Gasteiger partial charge in [0, 0.05) is 26.2 Å². The van der Waals surface area contributed by atoms with E-state index in [-0.39, 0.29) is 25.3 Å². The average molecular weight is 483 g/mol. The molecule has 0 amide bonds. The number of piperazine rings is 1. The predicted octanol–water partition coefficient (Wildman–Crippen LogP) is 1.69. The van der Waals surface area contributed by atoms with E-state index in [1.165, 1.54) is 0 Å². The van der Waals surface area contributed by atoms with Crippen molar-refractivity contribution in [2.45, 2.75) is 25.2 Å². The van der Waals surface area contributed by atoms with Gasteiger partial charge in [-0.2, -0.15) is 16.8 Å². The Morgan fingerprint density at radius 3 is 1.34 bits per heavy atom. The zero-order valence-electron chi connectivity index (χ0n) is 18.3. The molecule has 0 N–H and O–H groups in total. The van der Waals surface area contributed by atoms with Crippen molar-refractivity contribution in [3.63, 3.8) is 0 Å². The second-order valence-electron chi connectivity index (χ2n) is 8.02. The Hall–Kier alpha value is -1.82. The fourth-order valence-electron chi connectivity index (χ4n) is 3.92. The van der Waals surface area contributed by atoms with Crippen molar-refractivity contribution in [3.8, 4) is 0 Å². The van der Waals surface area contributed by atoms with Crippen molar-refractivity contribution >= 4 is 20.2 Å². The highest BCUT2D eigenvalue weighted by Crippen LogP contribution is 2.24. The van der Waals surface area contributed by atoms with Crippen molar-refractivity contribution in [1.82, 2.24) is 9.80 Å². The van der Waals surface area contributed by atoms with Gasteiger partial charge in [0.2, 0.25) is 0 Å². The molecule has 32 heavy (non-hydrogen) atoms. The SMILES string of the molecule is CS(=O)(=O)OCC1C(COS(C)(=O)=O)N(Cc2ccccc2)CCN1Cc1ccccc1. The topological polar surface area (TPSA) is 93.2 Å². The summed E-state index contributed by atoms with van der Waals surface area (Å²) in [6.07, 6.45) is 2.03. The van der Waals surface area contributed by atoms with Crippen LogP contribution in [-0.4, -0.2) is 77.5 Å². The minimum atomic E-state index is -3.67. The van der Waals surface area contributed by atoms with Crippen molar-refractivity contribution in [3.05, 3.63) is 71.8 Å². The smallest absolute Gasteiger partial charge is 0.264 e. The molecule has 1 aliphatic rings. The maximum absolute atomic E-state index is 11.8. The number of hydrogen-bond acceptors (Lipinski definition) is 8. The summed E-state index contributed by atoms with van der Waals surface area (Å²) in [5.74, 6) is 0. The third-order valence-electron chi connectivity index (χ3n) is 5.42. The van der Waals surface area contributed by atoms with E-state index in [9.17, 15) is 16.8 Å². The summed E-state index contributed by atoms with van der Waals surface area (Å²) in [5.41, 5.74) is 2.16. The van der Waals surface area contributed by atoms with E-state index in [0.29, 0.717) is 26.2 Å². The van der Waals surface area contributed by atoms with Gasteiger partial charge in [-0.25, -0.2) is 0 Å². The third-order valence-corrected chi connectivity index (χ3v) is 6.55. The van der Waals surface area contributed by atoms with Gasteiger partial charge in [-0.15, -0.1) is 0 Å². The van der Waals surface area contributed by atoms with Crippen LogP contribution in [0.4, 0.5) is 0 Å². The van der Waals surface area contributed by atoms with Gasteiger partial charge in [0.1, 0.15) is 0 Å². The molecule has 0 bridgehead atoms. The molecule has 1 heterocycles. The Morgan fingerprint density at radius 1 is 0.688 bits per heavy atom. The van der Waals surface area contributed by atoms with Crippen LogP contribution in [0.25, 0.3) is 0 Å². The van der Waals surface area contributed by atoms with Gasteiger partial charge >= 0.3 is 0 Å². The highest BCUT2D eigenvalue weighted by Gasteiger charge is 2.38. The van der Waals surface area contributed by atoms with Crippen molar-refractivity contribution < 1.29 is 25.2 Å². The van der Waals surface area contributed by atoms with Crippen molar-refractivity contribution in [1.29, 1.82) is 0 Å². The zero-order valence-corrected chi connectivity index (χ0v) is 20.0. The van der Waals surface area contributed by atoms with Crippen LogP contribution < -0.4 is 0 Å². The summed E-state index contributed by atoms with van der Waals surface area (Å²) in [4.78, 5) is 4.27. The number of hydrogen-bond donors (Lipinski definition) is 0. The van der Waals surface area contributed by atoms with Crippen LogP contribution in [0.3, 0.4) is 0 Å². The summed E-state index contributed by atoms with van der Waals surface area (Å²) in [6, 6.07) is 18.9. The zero-order chi connectivity index (χ0) is 23.2. The molecule has 2 aromatic rings. The van der Waals surface area contributed by atoms with Crippen LogP contribution in [0.2, 0.25) is 0 Å². The van der Waals surface area contributed by atoms with E-state index in [1.54, 1.807) is 0 Å². The molecule has 1 aliphatic heterocycles. The first-order valence-electron chi connectivity index (χ1n) is 10.4. The molecule has 0 aliphatic carbocycles. The normalized spacial score (nSPS) is 20.9. The molecule has 0 spiro atoms. The minimum absolute atomic E-state index is 0.0885. The molecule has 8 nitrogen and oxygen atoms in total. The number of rotatable bonds is 10.